The molecule has 3 aromatic carbocycles. The molecule has 8 atom stereocenters. The first kappa shape index (κ1) is 53.6. The van der Waals surface area contributed by atoms with Gasteiger partial charge in [0.05, 0.1) is 18.8 Å². The first-order chi connectivity index (χ1) is 32.4. The minimum absolute atomic E-state index is 0.128. The smallest absolute Gasteiger partial charge is 0.328 e. The van der Waals surface area contributed by atoms with Gasteiger partial charge in [-0.15, -0.1) is 0 Å². The lowest BCUT2D eigenvalue weighted by molar-refractivity contribution is -0.145. The third-order valence-corrected chi connectivity index (χ3v) is 11.4. The van der Waals surface area contributed by atoms with Crippen molar-refractivity contribution in [3.8, 4) is 5.75 Å². The van der Waals surface area contributed by atoms with Crippen molar-refractivity contribution in [1.29, 1.82) is 0 Å². The fourth-order valence-corrected chi connectivity index (χ4v) is 7.48. The highest BCUT2D eigenvalue weighted by atomic mass is 32.2. The molecule has 14 N–H and O–H groups in total. The molecule has 0 fully saturated rings. The van der Waals surface area contributed by atoms with Crippen LogP contribution in [0, 0.1) is 0 Å². The number of carboxylic acids is 2. The first-order valence-electron chi connectivity index (χ1n) is 21.6. The van der Waals surface area contributed by atoms with Crippen molar-refractivity contribution in [2.45, 2.75) is 93.8 Å². The number of H-pyrrole nitrogens is 1. The summed E-state index contributed by atoms with van der Waals surface area (Å²) in [6, 6.07) is 11.1. The molecule has 0 saturated carbocycles. The van der Waals surface area contributed by atoms with Crippen molar-refractivity contribution in [3.05, 3.63) is 102 Å². The SMILES string of the molecule is CSCC[C@H](NC(=O)[C@@H](N)Cc1ccccc1)C(=O)N[C@@H](Cc1c[nH]c2ccccc12)C(=O)N[C@@H](CCC(=O)O)C(=O)N[C@@H](Cc1ccc(O)cc1)C(=O)N[C@@H](CO)C(=O)N[C@H](C(=O)O)[C@@H](C)O. The lowest BCUT2D eigenvalue weighted by atomic mass is 10.0. The Morgan fingerprint density at radius 1 is 0.632 bits per heavy atom. The van der Waals surface area contributed by atoms with Crippen LogP contribution in [0.3, 0.4) is 0 Å². The number of aliphatic hydroxyl groups is 2. The maximum atomic E-state index is 14.4. The average molecular weight is 963 g/mol. The van der Waals surface area contributed by atoms with Crippen LogP contribution in [-0.2, 0) is 57.6 Å². The maximum Gasteiger partial charge on any atom is 0.328 e. The van der Waals surface area contributed by atoms with Crippen molar-refractivity contribution in [3.63, 3.8) is 0 Å². The number of carboxylic acid groups (broad SMARTS) is 2. The summed E-state index contributed by atoms with van der Waals surface area (Å²) in [4.78, 5) is 110. The Kier molecular flexibility index (Phi) is 20.8. The molecular weight excluding hydrogens is 905 g/mol. The van der Waals surface area contributed by atoms with Crippen molar-refractivity contribution in [2.24, 2.45) is 5.73 Å². The van der Waals surface area contributed by atoms with E-state index in [2.05, 4.69) is 31.6 Å². The molecule has 4 rings (SSSR count). The predicted octanol–water partition coefficient (Wildman–Crippen LogP) is -0.787. The van der Waals surface area contributed by atoms with Gasteiger partial charge in [0.25, 0.3) is 0 Å². The molecule has 4 aromatic rings. The van der Waals surface area contributed by atoms with E-state index in [-0.39, 0.29) is 31.4 Å². The van der Waals surface area contributed by atoms with E-state index in [4.69, 9.17) is 5.73 Å². The van der Waals surface area contributed by atoms with Crippen LogP contribution in [0.15, 0.2) is 85.1 Å². The second-order valence-corrected chi connectivity index (χ2v) is 17.0. The molecule has 0 aliphatic carbocycles. The second kappa shape index (κ2) is 26.4. The van der Waals surface area contributed by atoms with Crippen LogP contribution < -0.4 is 37.6 Å². The lowest BCUT2D eigenvalue weighted by Crippen LogP contribution is -2.61. The average Bonchev–Trinajstić information content (AvgIpc) is 3.72. The fraction of sp³-hybridized carbons (Fsp3) is 0.391. The number of aliphatic hydroxyl groups excluding tert-OH is 2. The van der Waals surface area contributed by atoms with Gasteiger partial charge in [0.15, 0.2) is 6.04 Å². The Hall–Kier alpha value is -7.01. The molecule has 0 saturated heterocycles. The molecule has 0 aliphatic rings. The van der Waals surface area contributed by atoms with E-state index < -0.39 is 115 Å². The largest absolute Gasteiger partial charge is 0.508 e. The molecule has 68 heavy (non-hydrogen) atoms. The van der Waals surface area contributed by atoms with Crippen LogP contribution >= 0.6 is 11.8 Å². The topological polar surface area (TPSA) is 352 Å². The summed E-state index contributed by atoms with van der Waals surface area (Å²) >= 11 is 1.41. The van der Waals surface area contributed by atoms with E-state index in [9.17, 15) is 63.9 Å². The van der Waals surface area contributed by atoms with E-state index >= 15 is 0 Å². The number of phenolic OH excluding ortho intramolecular Hbond substituents is 1. The first-order valence-corrected chi connectivity index (χ1v) is 23.0. The van der Waals surface area contributed by atoms with Crippen molar-refractivity contribution in [1.82, 2.24) is 36.9 Å². The molecule has 21 nitrogen and oxygen atoms in total. The number of aliphatic carboxylic acids is 2. The van der Waals surface area contributed by atoms with Gasteiger partial charge in [-0.3, -0.25) is 33.6 Å². The number of nitrogens with two attached hydrogens (primary N) is 1. The minimum Gasteiger partial charge on any atom is -0.508 e. The Morgan fingerprint density at radius 3 is 1.74 bits per heavy atom. The monoisotopic (exact) mass is 962 g/mol. The molecule has 0 spiro atoms. The number of para-hydroxylation sites is 1. The highest BCUT2D eigenvalue weighted by molar-refractivity contribution is 7.98. The third-order valence-electron chi connectivity index (χ3n) is 10.8. The maximum absolute atomic E-state index is 14.4. The fourth-order valence-electron chi connectivity index (χ4n) is 7.01. The number of fused-ring (bicyclic) bond motifs is 1. The third kappa shape index (κ3) is 16.4. The highest BCUT2D eigenvalue weighted by Crippen LogP contribution is 2.20. The van der Waals surface area contributed by atoms with Gasteiger partial charge in [-0.2, -0.15) is 11.8 Å². The van der Waals surface area contributed by atoms with Crippen molar-refractivity contribution in [2.75, 3.05) is 18.6 Å². The number of hydrogen-bond donors (Lipinski definition) is 13. The number of phenols is 1. The van der Waals surface area contributed by atoms with Gasteiger partial charge in [-0.05, 0) is 73.1 Å². The van der Waals surface area contributed by atoms with E-state index in [1.165, 1.54) is 36.0 Å². The number of thioether (sulfide) groups is 1. The zero-order valence-electron chi connectivity index (χ0n) is 37.3. The van der Waals surface area contributed by atoms with Crippen molar-refractivity contribution >= 4 is 70.0 Å². The standard InChI is InChI=1S/C46H58N8O13S/c1-25(56)39(46(66)67)54-45(65)37(24-55)53-43(63)35(21-27-12-14-29(57)15-13-27)51-41(61)33(16-17-38(58)59)50-44(64)36(22-28-23-48-32-11-7-6-10-30(28)32)52-42(62)34(18-19-68-2)49-40(60)31(47)20-26-8-4-3-5-9-26/h3-15,23,25,31,33-37,39,48,55-57H,16-22,24,47H2,1-2H3,(H,49,60)(H,50,64)(H,51,61)(H,52,62)(H,53,63)(H,54,65)(H,58,59)(H,66,67)/t25-,31+,33+,34+,35+,36+,37+,39+/m1/s1. The number of amides is 6. The number of carbonyl (C=O) groups excluding carboxylic acids is 6. The van der Waals surface area contributed by atoms with Crippen LogP contribution in [-0.4, -0.2) is 145 Å². The molecule has 1 aromatic heterocycles. The number of aromatic nitrogens is 1. The van der Waals surface area contributed by atoms with E-state index in [0.717, 1.165) is 12.5 Å². The number of carbonyl (C=O) groups is 8. The summed E-state index contributed by atoms with van der Waals surface area (Å²) in [7, 11) is 0. The van der Waals surface area contributed by atoms with Gasteiger partial charge in [-0.25, -0.2) is 4.79 Å². The molecule has 22 heteroatoms. The zero-order chi connectivity index (χ0) is 49.9. The summed E-state index contributed by atoms with van der Waals surface area (Å²) in [5.74, 6) is -8.29. The Morgan fingerprint density at radius 2 is 1.15 bits per heavy atom. The van der Waals surface area contributed by atoms with Crippen LogP contribution in [0.1, 0.15) is 42.9 Å². The number of aromatic amines is 1. The van der Waals surface area contributed by atoms with Gasteiger partial charge >= 0.3 is 11.9 Å². The molecule has 0 unspecified atom stereocenters. The van der Waals surface area contributed by atoms with Gasteiger partial charge in [0.1, 0.15) is 36.0 Å². The van der Waals surface area contributed by atoms with Crippen LogP contribution in [0.5, 0.6) is 5.75 Å². The van der Waals surface area contributed by atoms with Gasteiger partial charge in [-0.1, -0.05) is 60.7 Å². The quantitative estimate of drug-likeness (QED) is 0.0349. The summed E-state index contributed by atoms with van der Waals surface area (Å²) in [6.45, 7) is 0.0495. The normalized spacial score (nSPS) is 14.7. The second-order valence-electron chi connectivity index (χ2n) is 16.0. The predicted molar refractivity (Wildman–Crippen MR) is 250 cm³/mol. The van der Waals surface area contributed by atoms with Crippen LogP contribution in [0.25, 0.3) is 10.9 Å². The summed E-state index contributed by atoms with van der Waals surface area (Å²) < 4.78 is 0. The van der Waals surface area contributed by atoms with E-state index in [1.54, 1.807) is 42.6 Å². The Bertz CT molecular complexity index is 2370. The van der Waals surface area contributed by atoms with Crippen molar-refractivity contribution < 1.29 is 63.9 Å². The molecule has 0 aliphatic heterocycles. The van der Waals surface area contributed by atoms with E-state index in [0.29, 0.717) is 27.8 Å². The Labute approximate surface area is 395 Å². The van der Waals surface area contributed by atoms with Crippen LogP contribution in [0.4, 0.5) is 0 Å². The van der Waals surface area contributed by atoms with Gasteiger partial charge < -0.3 is 68.2 Å². The number of benzene rings is 3. The number of hydrogen-bond acceptors (Lipinski definition) is 13. The number of nitrogens with one attached hydrogen (secondary N) is 7. The molecule has 366 valence electrons. The van der Waals surface area contributed by atoms with Gasteiger partial charge in [0, 0.05) is 36.4 Å². The summed E-state index contributed by atoms with van der Waals surface area (Å²) in [5.41, 5.74) is 8.71. The molecule has 0 radical (unpaired) electrons. The summed E-state index contributed by atoms with van der Waals surface area (Å²) in [5, 5.41) is 64.2. The minimum atomic E-state index is -1.81. The number of rotatable bonds is 27. The number of aromatic hydroxyl groups is 1. The highest BCUT2D eigenvalue weighted by Gasteiger charge is 2.35. The zero-order valence-corrected chi connectivity index (χ0v) is 38.2. The summed E-state index contributed by atoms with van der Waals surface area (Å²) in [6.07, 6.45) is 0.561. The molecule has 0 bridgehead atoms. The van der Waals surface area contributed by atoms with Crippen LogP contribution in [0.2, 0.25) is 0 Å². The molecular formula is C46H58N8O13S. The molecule has 1 heterocycles. The molecule has 6 amide bonds. The Balaban J connectivity index is 1.63. The lowest BCUT2D eigenvalue weighted by Gasteiger charge is -2.27. The van der Waals surface area contributed by atoms with E-state index in [1.807, 2.05) is 29.8 Å². The van der Waals surface area contributed by atoms with Gasteiger partial charge in [0.2, 0.25) is 35.4 Å².